The number of pyridine rings is 1. The van der Waals surface area contributed by atoms with Crippen LogP contribution in [0.5, 0.6) is 0 Å². The van der Waals surface area contributed by atoms with Crippen LogP contribution < -0.4 is 0 Å². The van der Waals surface area contributed by atoms with E-state index in [9.17, 15) is 12.8 Å². The van der Waals surface area contributed by atoms with Crippen LogP contribution in [0.1, 0.15) is 13.3 Å². The van der Waals surface area contributed by atoms with E-state index in [1.807, 2.05) is 0 Å². The van der Waals surface area contributed by atoms with E-state index in [-0.39, 0.29) is 19.7 Å². The molecule has 0 saturated heterocycles. The summed E-state index contributed by atoms with van der Waals surface area (Å²) in [6.07, 6.45) is 1.80. The van der Waals surface area contributed by atoms with Crippen molar-refractivity contribution in [2.75, 3.05) is 19.7 Å². The van der Waals surface area contributed by atoms with E-state index >= 15 is 0 Å². The van der Waals surface area contributed by atoms with Gasteiger partial charge in [0.1, 0.15) is 0 Å². The first-order valence-corrected chi connectivity index (χ1v) is 6.69. The average Bonchev–Trinajstić information content (AvgIpc) is 2.29. The number of hydrogen-bond acceptors (Lipinski definition) is 4. The smallest absolute Gasteiger partial charge is 0.263 e. The zero-order valence-electron chi connectivity index (χ0n) is 9.50. The Labute approximate surface area is 100.0 Å². The highest BCUT2D eigenvalue weighted by Crippen LogP contribution is 2.16. The maximum atomic E-state index is 13.4. The maximum Gasteiger partial charge on any atom is 0.263 e. The molecular formula is C10H15FN2O3S. The minimum absolute atomic E-state index is 0.0633. The van der Waals surface area contributed by atoms with Gasteiger partial charge in [-0.05, 0) is 18.6 Å². The number of aliphatic hydroxyl groups is 1. The number of hydrogen-bond donors (Lipinski definition) is 1. The van der Waals surface area contributed by atoms with Crippen LogP contribution in [0, 0.1) is 5.82 Å². The average molecular weight is 262 g/mol. The fourth-order valence-corrected chi connectivity index (χ4v) is 2.89. The van der Waals surface area contributed by atoms with Gasteiger partial charge in [0.15, 0.2) is 5.82 Å². The molecule has 1 aromatic heterocycles. The van der Waals surface area contributed by atoms with E-state index in [4.69, 9.17) is 5.11 Å². The van der Waals surface area contributed by atoms with E-state index in [2.05, 4.69) is 4.98 Å². The van der Waals surface area contributed by atoms with Crippen LogP contribution >= 0.6 is 0 Å². The quantitative estimate of drug-likeness (QED) is 0.815. The zero-order chi connectivity index (χ0) is 12.9. The SMILES string of the molecule is CCCN(CCO)S(=O)(=O)c1ncccc1F. The highest BCUT2D eigenvalue weighted by molar-refractivity contribution is 7.89. The van der Waals surface area contributed by atoms with Crippen molar-refractivity contribution in [1.82, 2.24) is 9.29 Å². The van der Waals surface area contributed by atoms with Crippen LogP contribution in [0.25, 0.3) is 0 Å². The minimum Gasteiger partial charge on any atom is -0.395 e. The van der Waals surface area contributed by atoms with Crippen LogP contribution in [0.15, 0.2) is 23.4 Å². The monoisotopic (exact) mass is 262 g/mol. The molecule has 0 aliphatic carbocycles. The molecular weight excluding hydrogens is 247 g/mol. The second kappa shape index (κ2) is 6.04. The van der Waals surface area contributed by atoms with Crippen LogP contribution in [0.2, 0.25) is 0 Å². The fraction of sp³-hybridized carbons (Fsp3) is 0.500. The molecule has 96 valence electrons. The maximum absolute atomic E-state index is 13.4. The van der Waals surface area contributed by atoms with Crippen molar-refractivity contribution in [2.45, 2.75) is 18.4 Å². The molecule has 0 radical (unpaired) electrons. The zero-order valence-corrected chi connectivity index (χ0v) is 10.3. The van der Waals surface area contributed by atoms with E-state index in [0.717, 1.165) is 10.4 Å². The van der Waals surface area contributed by atoms with Gasteiger partial charge < -0.3 is 5.11 Å². The molecule has 7 heteroatoms. The van der Waals surface area contributed by atoms with Crippen LogP contribution in [-0.4, -0.2) is 42.5 Å². The third-order valence-corrected chi connectivity index (χ3v) is 3.97. The molecule has 0 aromatic carbocycles. The third kappa shape index (κ3) is 3.21. The van der Waals surface area contributed by atoms with Crippen molar-refractivity contribution in [1.29, 1.82) is 0 Å². The normalized spacial score (nSPS) is 12.0. The molecule has 0 amide bonds. The second-order valence-corrected chi connectivity index (χ2v) is 5.27. The van der Waals surface area contributed by atoms with Gasteiger partial charge in [0.05, 0.1) is 6.61 Å². The molecule has 17 heavy (non-hydrogen) atoms. The number of rotatable bonds is 6. The van der Waals surface area contributed by atoms with Gasteiger partial charge in [-0.1, -0.05) is 6.92 Å². The Balaban J connectivity index is 3.12. The molecule has 0 saturated carbocycles. The lowest BCUT2D eigenvalue weighted by Crippen LogP contribution is -2.35. The molecule has 0 aliphatic heterocycles. The van der Waals surface area contributed by atoms with Crippen molar-refractivity contribution in [3.63, 3.8) is 0 Å². The predicted octanol–water partition coefficient (Wildman–Crippen LogP) is 0.614. The summed E-state index contributed by atoms with van der Waals surface area (Å²) in [7, 11) is -3.97. The Kier molecular flexibility index (Phi) is 4.98. The summed E-state index contributed by atoms with van der Waals surface area (Å²) in [6.45, 7) is 1.65. The molecule has 1 N–H and O–H groups in total. The van der Waals surface area contributed by atoms with Gasteiger partial charge in [-0.15, -0.1) is 0 Å². The number of aliphatic hydroxyl groups excluding tert-OH is 1. The van der Waals surface area contributed by atoms with Crippen molar-refractivity contribution in [3.8, 4) is 0 Å². The molecule has 0 atom stereocenters. The number of sulfonamides is 1. The Morgan fingerprint density at radius 2 is 2.18 bits per heavy atom. The highest BCUT2D eigenvalue weighted by Gasteiger charge is 2.27. The molecule has 0 aliphatic rings. The van der Waals surface area contributed by atoms with Crippen molar-refractivity contribution in [2.24, 2.45) is 0 Å². The standard InChI is InChI=1S/C10H15FN2O3S/c1-2-6-13(7-8-14)17(15,16)10-9(11)4-3-5-12-10/h3-5,14H,2,6-8H2,1H3. The number of halogens is 1. The summed E-state index contributed by atoms with van der Waals surface area (Å²) >= 11 is 0. The van der Waals surface area contributed by atoms with E-state index in [1.165, 1.54) is 12.3 Å². The molecule has 0 spiro atoms. The van der Waals surface area contributed by atoms with E-state index < -0.39 is 20.9 Å². The van der Waals surface area contributed by atoms with Gasteiger partial charge in [0.2, 0.25) is 5.03 Å². The first-order chi connectivity index (χ1) is 8.04. The molecule has 0 fully saturated rings. The summed E-state index contributed by atoms with van der Waals surface area (Å²) in [5.41, 5.74) is 0. The minimum atomic E-state index is -3.97. The van der Waals surface area contributed by atoms with Gasteiger partial charge in [-0.3, -0.25) is 0 Å². The van der Waals surface area contributed by atoms with Crippen molar-refractivity contribution < 1.29 is 17.9 Å². The third-order valence-electron chi connectivity index (χ3n) is 2.13. The summed E-state index contributed by atoms with van der Waals surface area (Å²) in [5, 5.41) is 8.23. The van der Waals surface area contributed by atoms with Crippen molar-refractivity contribution >= 4 is 10.0 Å². The summed E-state index contributed by atoms with van der Waals surface area (Å²) in [6, 6.07) is 2.37. The number of nitrogens with zero attached hydrogens (tertiary/aromatic N) is 2. The first kappa shape index (κ1) is 14.0. The Morgan fingerprint density at radius 1 is 1.47 bits per heavy atom. The molecule has 0 bridgehead atoms. The van der Waals surface area contributed by atoms with Crippen LogP contribution in [0.3, 0.4) is 0 Å². The molecule has 0 unspecified atom stereocenters. The van der Waals surface area contributed by atoms with Gasteiger partial charge in [-0.25, -0.2) is 17.8 Å². The molecule has 1 rings (SSSR count). The lowest BCUT2D eigenvalue weighted by molar-refractivity contribution is 0.253. The summed E-state index contributed by atoms with van der Waals surface area (Å²) < 4.78 is 38.5. The van der Waals surface area contributed by atoms with E-state index in [0.29, 0.717) is 6.42 Å². The van der Waals surface area contributed by atoms with Gasteiger partial charge >= 0.3 is 0 Å². The fourth-order valence-electron chi connectivity index (χ4n) is 1.40. The van der Waals surface area contributed by atoms with Gasteiger partial charge in [-0.2, -0.15) is 4.31 Å². The topological polar surface area (TPSA) is 70.5 Å². The highest BCUT2D eigenvalue weighted by atomic mass is 32.2. The van der Waals surface area contributed by atoms with Crippen LogP contribution in [-0.2, 0) is 10.0 Å². The van der Waals surface area contributed by atoms with Crippen LogP contribution in [0.4, 0.5) is 4.39 Å². The predicted molar refractivity (Wildman–Crippen MR) is 60.3 cm³/mol. The second-order valence-electron chi connectivity index (χ2n) is 3.42. The Morgan fingerprint density at radius 3 is 2.71 bits per heavy atom. The Bertz CT molecular complexity index is 458. The molecule has 5 nitrogen and oxygen atoms in total. The summed E-state index contributed by atoms with van der Waals surface area (Å²) in [5.74, 6) is -0.883. The molecule has 1 heterocycles. The lowest BCUT2D eigenvalue weighted by atomic mass is 10.5. The molecule has 1 aromatic rings. The summed E-state index contributed by atoms with van der Waals surface area (Å²) in [4.78, 5) is 3.55. The first-order valence-electron chi connectivity index (χ1n) is 5.25. The lowest BCUT2D eigenvalue weighted by Gasteiger charge is -2.19. The van der Waals surface area contributed by atoms with Gasteiger partial charge in [0, 0.05) is 19.3 Å². The largest absolute Gasteiger partial charge is 0.395 e. The van der Waals surface area contributed by atoms with E-state index in [1.54, 1.807) is 6.92 Å². The van der Waals surface area contributed by atoms with Gasteiger partial charge in [0.25, 0.3) is 10.0 Å². The Hall–Kier alpha value is -1.05. The van der Waals surface area contributed by atoms with Crippen molar-refractivity contribution in [3.05, 3.63) is 24.1 Å². The number of aromatic nitrogens is 1.